The Labute approximate surface area is 127 Å². The Morgan fingerprint density at radius 2 is 1.95 bits per heavy atom. The van der Waals surface area contributed by atoms with Crippen LogP contribution in [0.2, 0.25) is 0 Å². The molecule has 1 aromatic heterocycles. The Bertz CT molecular complexity index is 807. The van der Waals surface area contributed by atoms with Gasteiger partial charge in [0.05, 0.1) is 24.0 Å². The normalized spacial score (nSPS) is 10.6. The van der Waals surface area contributed by atoms with Gasteiger partial charge in [-0.15, -0.1) is 5.10 Å². The fraction of sp³-hybridized carbons (Fsp3) is 0.118. The van der Waals surface area contributed by atoms with E-state index in [0.717, 1.165) is 16.8 Å². The van der Waals surface area contributed by atoms with E-state index in [4.69, 9.17) is 5.11 Å². The van der Waals surface area contributed by atoms with Gasteiger partial charge in [0, 0.05) is 5.56 Å². The van der Waals surface area contributed by atoms with E-state index in [1.54, 1.807) is 29.1 Å². The zero-order valence-corrected chi connectivity index (χ0v) is 12.1. The van der Waals surface area contributed by atoms with Crippen molar-refractivity contribution in [3.63, 3.8) is 0 Å². The maximum absolute atomic E-state index is 11.0. The van der Waals surface area contributed by atoms with E-state index < -0.39 is 5.97 Å². The number of carboxylic acids is 1. The summed E-state index contributed by atoms with van der Waals surface area (Å²) in [7, 11) is 0. The molecule has 110 valence electrons. The Balaban J connectivity index is 1.91. The molecule has 0 aliphatic rings. The van der Waals surface area contributed by atoms with Crippen LogP contribution in [0, 0.1) is 6.92 Å². The van der Waals surface area contributed by atoms with Crippen LogP contribution in [0.15, 0.2) is 54.7 Å². The van der Waals surface area contributed by atoms with Crippen molar-refractivity contribution in [2.24, 2.45) is 0 Å². The molecule has 2 aromatic carbocycles. The number of carboxylic acid groups (broad SMARTS) is 1. The predicted octanol–water partition coefficient (Wildman–Crippen LogP) is 3.00. The molecule has 0 aliphatic heterocycles. The fourth-order valence-electron chi connectivity index (χ4n) is 2.30. The molecule has 1 N–H and O–H groups in total. The zero-order valence-electron chi connectivity index (χ0n) is 12.1. The molecule has 0 aliphatic carbocycles. The van der Waals surface area contributed by atoms with E-state index in [1.165, 1.54) is 5.56 Å². The van der Waals surface area contributed by atoms with Gasteiger partial charge in [-0.05, 0) is 24.6 Å². The standard InChI is InChI=1S/C17H15N3O2/c1-12-5-7-14(8-6-12)16-10-18-19-20(16)11-13-3-2-4-15(9-13)17(21)22/h2-10H,11H2,1H3,(H,21,22). The van der Waals surface area contributed by atoms with Crippen LogP contribution in [-0.4, -0.2) is 26.1 Å². The average Bonchev–Trinajstić information content (AvgIpc) is 2.96. The lowest BCUT2D eigenvalue weighted by Gasteiger charge is -2.07. The van der Waals surface area contributed by atoms with Gasteiger partial charge in [0.1, 0.15) is 0 Å². The first-order valence-electron chi connectivity index (χ1n) is 6.91. The van der Waals surface area contributed by atoms with Crippen LogP contribution < -0.4 is 0 Å². The van der Waals surface area contributed by atoms with Crippen molar-refractivity contribution in [3.8, 4) is 11.3 Å². The van der Waals surface area contributed by atoms with Crippen molar-refractivity contribution in [1.29, 1.82) is 0 Å². The highest BCUT2D eigenvalue weighted by Gasteiger charge is 2.09. The molecule has 0 radical (unpaired) electrons. The van der Waals surface area contributed by atoms with E-state index in [-0.39, 0.29) is 5.56 Å². The average molecular weight is 293 g/mol. The molecule has 0 saturated heterocycles. The highest BCUT2D eigenvalue weighted by molar-refractivity contribution is 5.87. The maximum atomic E-state index is 11.0. The lowest BCUT2D eigenvalue weighted by Crippen LogP contribution is -2.05. The molecule has 5 nitrogen and oxygen atoms in total. The summed E-state index contributed by atoms with van der Waals surface area (Å²) in [6, 6.07) is 15.0. The number of aryl methyl sites for hydroxylation is 1. The molecule has 0 amide bonds. The number of benzene rings is 2. The molecule has 3 rings (SSSR count). The second kappa shape index (κ2) is 5.81. The molecule has 5 heteroatoms. The third kappa shape index (κ3) is 2.88. The largest absolute Gasteiger partial charge is 0.478 e. The second-order valence-electron chi connectivity index (χ2n) is 5.15. The zero-order chi connectivity index (χ0) is 15.5. The summed E-state index contributed by atoms with van der Waals surface area (Å²) in [6.45, 7) is 2.51. The first-order valence-corrected chi connectivity index (χ1v) is 6.91. The molecular weight excluding hydrogens is 278 g/mol. The van der Waals surface area contributed by atoms with Crippen LogP contribution in [0.5, 0.6) is 0 Å². The van der Waals surface area contributed by atoms with Crippen molar-refractivity contribution in [2.45, 2.75) is 13.5 Å². The summed E-state index contributed by atoms with van der Waals surface area (Å²) >= 11 is 0. The van der Waals surface area contributed by atoms with Crippen molar-refractivity contribution in [1.82, 2.24) is 15.0 Å². The Morgan fingerprint density at radius 1 is 1.18 bits per heavy atom. The number of hydrogen-bond donors (Lipinski definition) is 1. The van der Waals surface area contributed by atoms with Crippen LogP contribution in [0.3, 0.4) is 0 Å². The summed E-state index contributed by atoms with van der Waals surface area (Å²) in [5.74, 6) is -0.931. The van der Waals surface area contributed by atoms with Crippen LogP contribution in [0.1, 0.15) is 21.5 Å². The lowest BCUT2D eigenvalue weighted by atomic mass is 10.1. The van der Waals surface area contributed by atoms with Crippen molar-refractivity contribution >= 4 is 5.97 Å². The summed E-state index contributed by atoms with van der Waals surface area (Å²) in [5, 5.41) is 17.1. The highest BCUT2D eigenvalue weighted by Crippen LogP contribution is 2.19. The van der Waals surface area contributed by atoms with E-state index in [0.29, 0.717) is 6.54 Å². The molecule has 0 unspecified atom stereocenters. The predicted molar refractivity (Wildman–Crippen MR) is 82.7 cm³/mol. The smallest absolute Gasteiger partial charge is 0.335 e. The maximum Gasteiger partial charge on any atom is 0.335 e. The Morgan fingerprint density at radius 3 is 2.68 bits per heavy atom. The summed E-state index contributed by atoms with van der Waals surface area (Å²) < 4.78 is 1.77. The number of nitrogens with zero attached hydrogens (tertiary/aromatic N) is 3. The van der Waals surface area contributed by atoms with Gasteiger partial charge < -0.3 is 5.11 Å². The number of rotatable bonds is 4. The van der Waals surface area contributed by atoms with E-state index in [2.05, 4.69) is 10.3 Å². The first kappa shape index (κ1) is 14.0. The molecule has 0 saturated carbocycles. The van der Waals surface area contributed by atoms with Gasteiger partial charge in [-0.1, -0.05) is 47.2 Å². The van der Waals surface area contributed by atoms with Gasteiger partial charge in [0.15, 0.2) is 0 Å². The van der Waals surface area contributed by atoms with Gasteiger partial charge in [-0.3, -0.25) is 0 Å². The Kier molecular flexibility index (Phi) is 3.70. The minimum Gasteiger partial charge on any atom is -0.478 e. The second-order valence-corrected chi connectivity index (χ2v) is 5.15. The molecule has 0 bridgehead atoms. The molecule has 0 spiro atoms. The Hall–Kier alpha value is -2.95. The van der Waals surface area contributed by atoms with Crippen LogP contribution in [0.4, 0.5) is 0 Å². The molecular formula is C17H15N3O2. The van der Waals surface area contributed by atoms with Crippen LogP contribution in [-0.2, 0) is 6.54 Å². The van der Waals surface area contributed by atoms with E-state index >= 15 is 0 Å². The van der Waals surface area contributed by atoms with Crippen molar-refractivity contribution in [2.75, 3.05) is 0 Å². The SMILES string of the molecule is Cc1ccc(-c2cnnn2Cc2cccc(C(=O)O)c2)cc1. The minimum atomic E-state index is -0.931. The van der Waals surface area contributed by atoms with Crippen molar-refractivity contribution < 1.29 is 9.90 Å². The summed E-state index contributed by atoms with van der Waals surface area (Å²) in [5.41, 5.74) is 4.27. The third-order valence-electron chi connectivity index (χ3n) is 3.47. The molecule has 3 aromatic rings. The van der Waals surface area contributed by atoms with Crippen molar-refractivity contribution in [3.05, 3.63) is 71.4 Å². The van der Waals surface area contributed by atoms with Gasteiger partial charge in [-0.25, -0.2) is 9.48 Å². The summed E-state index contributed by atoms with van der Waals surface area (Å²) in [4.78, 5) is 11.0. The van der Waals surface area contributed by atoms with Crippen LogP contribution in [0.25, 0.3) is 11.3 Å². The number of aromatic carboxylic acids is 1. The topological polar surface area (TPSA) is 68.0 Å². The highest BCUT2D eigenvalue weighted by atomic mass is 16.4. The molecule has 22 heavy (non-hydrogen) atoms. The van der Waals surface area contributed by atoms with E-state index in [9.17, 15) is 4.79 Å². The number of hydrogen-bond acceptors (Lipinski definition) is 3. The number of aromatic nitrogens is 3. The molecule has 1 heterocycles. The fourth-order valence-corrected chi connectivity index (χ4v) is 2.30. The van der Waals surface area contributed by atoms with Gasteiger partial charge in [0.2, 0.25) is 0 Å². The third-order valence-corrected chi connectivity index (χ3v) is 3.47. The van der Waals surface area contributed by atoms with Gasteiger partial charge in [-0.2, -0.15) is 0 Å². The molecule has 0 atom stereocenters. The monoisotopic (exact) mass is 293 g/mol. The van der Waals surface area contributed by atoms with Gasteiger partial charge >= 0.3 is 5.97 Å². The minimum absolute atomic E-state index is 0.273. The lowest BCUT2D eigenvalue weighted by molar-refractivity contribution is 0.0696. The molecule has 0 fully saturated rings. The van der Waals surface area contributed by atoms with Gasteiger partial charge in [0.25, 0.3) is 0 Å². The quantitative estimate of drug-likeness (QED) is 0.803. The summed E-state index contributed by atoms with van der Waals surface area (Å²) in [6.07, 6.45) is 1.71. The first-order chi connectivity index (χ1) is 10.6. The number of carbonyl (C=O) groups is 1. The van der Waals surface area contributed by atoms with E-state index in [1.807, 2.05) is 37.3 Å². The van der Waals surface area contributed by atoms with Crippen LogP contribution >= 0.6 is 0 Å².